The highest BCUT2D eigenvalue weighted by Gasteiger charge is 2.25. The first-order valence-corrected chi connectivity index (χ1v) is 7.51. The van der Waals surface area contributed by atoms with Gasteiger partial charge < -0.3 is 15.4 Å². The molecule has 2 N–H and O–H groups in total. The van der Waals surface area contributed by atoms with E-state index in [1.165, 1.54) is 0 Å². The van der Waals surface area contributed by atoms with Gasteiger partial charge in [-0.15, -0.1) is 0 Å². The maximum absolute atomic E-state index is 12.1. The third-order valence-electron chi connectivity index (χ3n) is 3.74. The predicted molar refractivity (Wildman–Crippen MR) is 87.2 cm³/mol. The summed E-state index contributed by atoms with van der Waals surface area (Å²) in [7, 11) is 0. The van der Waals surface area contributed by atoms with Crippen molar-refractivity contribution in [2.45, 2.75) is 12.5 Å². The lowest BCUT2D eigenvalue weighted by atomic mass is 10.0. The highest BCUT2D eigenvalue weighted by Crippen LogP contribution is 2.31. The first kappa shape index (κ1) is 15.6. The third-order valence-corrected chi connectivity index (χ3v) is 3.74. The van der Waals surface area contributed by atoms with Gasteiger partial charge in [-0.25, -0.2) is 0 Å². The van der Waals surface area contributed by atoms with Gasteiger partial charge in [0.05, 0.1) is 24.3 Å². The molecule has 0 bridgehead atoms. The zero-order chi connectivity index (χ0) is 16.9. The van der Waals surface area contributed by atoms with Gasteiger partial charge in [-0.2, -0.15) is 5.26 Å². The maximum Gasteiger partial charge on any atom is 0.313 e. The van der Waals surface area contributed by atoms with Crippen LogP contribution in [0.2, 0.25) is 0 Å². The van der Waals surface area contributed by atoms with Crippen LogP contribution in [0.15, 0.2) is 48.5 Å². The fourth-order valence-electron chi connectivity index (χ4n) is 2.53. The number of hydrogen-bond acceptors (Lipinski definition) is 4. The number of amides is 2. The number of rotatable bonds is 2. The zero-order valence-electron chi connectivity index (χ0n) is 12.8. The van der Waals surface area contributed by atoms with Crippen LogP contribution in [0.3, 0.4) is 0 Å². The molecule has 1 heterocycles. The summed E-state index contributed by atoms with van der Waals surface area (Å²) >= 11 is 0. The standard InChI is InChI=1S/C18H15N3O3/c19-11-12-5-7-13(8-6-12)20-17(22)18(23)21-15-9-10-24-16-4-2-1-3-14(15)16/h1-8,15H,9-10H2,(H,20,22)(H,21,23). The third kappa shape index (κ3) is 3.36. The molecule has 1 unspecified atom stereocenters. The average molecular weight is 321 g/mol. The summed E-state index contributed by atoms with van der Waals surface area (Å²) in [5.41, 5.74) is 1.81. The van der Waals surface area contributed by atoms with Crippen molar-refractivity contribution in [3.8, 4) is 11.8 Å². The van der Waals surface area contributed by atoms with Crippen LogP contribution in [-0.2, 0) is 9.59 Å². The van der Waals surface area contributed by atoms with E-state index < -0.39 is 11.8 Å². The Labute approximate surface area is 139 Å². The molecule has 2 aromatic rings. The van der Waals surface area contributed by atoms with Crippen LogP contribution in [-0.4, -0.2) is 18.4 Å². The molecule has 0 spiro atoms. The monoisotopic (exact) mass is 321 g/mol. The number of anilines is 1. The van der Waals surface area contributed by atoms with Gasteiger partial charge in [0, 0.05) is 17.7 Å². The fraction of sp³-hybridized carbons (Fsp3) is 0.167. The molecule has 2 aromatic carbocycles. The van der Waals surface area contributed by atoms with Crippen LogP contribution in [0.1, 0.15) is 23.6 Å². The minimum atomic E-state index is -0.747. The van der Waals surface area contributed by atoms with E-state index in [1.807, 2.05) is 30.3 Å². The van der Waals surface area contributed by atoms with Crippen LogP contribution in [0.5, 0.6) is 5.75 Å². The molecule has 1 atom stereocenters. The lowest BCUT2D eigenvalue weighted by Gasteiger charge is -2.26. The van der Waals surface area contributed by atoms with Crippen molar-refractivity contribution in [2.24, 2.45) is 0 Å². The highest BCUT2D eigenvalue weighted by molar-refractivity contribution is 6.39. The number of nitrogens with one attached hydrogen (secondary N) is 2. The number of nitrogens with zero attached hydrogens (tertiary/aromatic N) is 1. The normalized spacial score (nSPS) is 15.4. The molecule has 2 amide bonds. The maximum atomic E-state index is 12.1. The minimum absolute atomic E-state index is 0.255. The molecule has 0 radical (unpaired) electrons. The van der Waals surface area contributed by atoms with E-state index in [-0.39, 0.29) is 6.04 Å². The van der Waals surface area contributed by atoms with E-state index in [9.17, 15) is 9.59 Å². The number of para-hydroxylation sites is 1. The van der Waals surface area contributed by atoms with Crippen LogP contribution in [0.25, 0.3) is 0 Å². The average Bonchev–Trinajstić information content (AvgIpc) is 2.62. The number of hydrogen-bond donors (Lipinski definition) is 2. The number of nitriles is 1. The van der Waals surface area contributed by atoms with Crippen LogP contribution >= 0.6 is 0 Å². The van der Waals surface area contributed by atoms with Gasteiger partial charge in [-0.1, -0.05) is 18.2 Å². The predicted octanol–water partition coefficient (Wildman–Crippen LogP) is 2.14. The van der Waals surface area contributed by atoms with E-state index in [1.54, 1.807) is 24.3 Å². The van der Waals surface area contributed by atoms with Crippen LogP contribution < -0.4 is 15.4 Å². The van der Waals surface area contributed by atoms with Gasteiger partial charge in [0.15, 0.2) is 0 Å². The van der Waals surface area contributed by atoms with E-state index in [0.717, 1.165) is 11.3 Å². The number of fused-ring (bicyclic) bond motifs is 1. The summed E-state index contributed by atoms with van der Waals surface area (Å²) < 4.78 is 5.54. The topological polar surface area (TPSA) is 91.2 Å². The van der Waals surface area contributed by atoms with Crippen molar-refractivity contribution in [3.63, 3.8) is 0 Å². The smallest absolute Gasteiger partial charge is 0.313 e. The summed E-state index contributed by atoms with van der Waals surface area (Å²) in [6, 6.07) is 15.5. The van der Waals surface area contributed by atoms with Gasteiger partial charge in [-0.3, -0.25) is 9.59 Å². The van der Waals surface area contributed by atoms with E-state index >= 15 is 0 Å². The summed E-state index contributed by atoms with van der Waals surface area (Å²) in [6.07, 6.45) is 0.604. The molecule has 6 nitrogen and oxygen atoms in total. The molecule has 0 fully saturated rings. The van der Waals surface area contributed by atoms with Crippen molar-refractivity contribution in [1.29, 1.82) is 5.26 Å². The second kappa shape index (κ2) is 6.84. The van der Waals surface area contributed by atoms with Gasteiger partial charge in [0.25, 0.3) is 0 Å². The minimum Gasteiger partial charge on any atom is -0.493 e. The molecular weight excluding hydrogens is 306 g/mol. The van der Waals surface area contributed by atoms with Crippen molar-refractivity contribution in [1.82, 2.24) is 5.32 Å². The molecule has 6 heteroatoms. The number of carbonyl (C=O) groups excluding carboxylic acids is 2. The van der Waals surface area contributed by atoms with Crippen LogP contribution in [0, 0.1) is 11.3 Å². The number of carbonyl (C=O) groups is 2. The molecule has 24 heavy (non-hydrogen) atoms. The number of ether oxygens (including phenoxy) is 1. The molecule has 0 saturated carbocycles. The lowest BCUT2D eigenvalue weighted by molar-refractivity contribution is -0.136. The summed E-state index contributed by atoms with van der Waals surface area (Å²) in [5, 5.41) is 14.0. The molecule has 3 rings (SSSR count). The Morgan fingerprint density at radius 2 is 1.83 bits per heavy atom. The van der Waals surface area contributed by atoms with Crippen molar-refractivity contribution in [2.75, 3.05) is 11.9 Å². The zero-order valence-corrected chi connectivity index (χ0v) is 12.8. The second-order valence-corrected chi connectivity index (χ2v) is 5.34. The molecule has 0 aromatic heterocycles. The second-order valence-electron chi connectivity index (χ2n) is 5.34. The first-order chi connectivity index (χ1) is 11.7. The summed E-state index contributed by atoms with van der Waals surface area (Å²) in [5.74, 6) is -0.730. The SMILES string of the molecule is N#Cc1ccc(NC(=O)C(=O)NC2CCOc3ccccc32)cc1. The van der Waals surface area contributed by atoms with Crippen molar-refractivity contribution in [3.05, 3.63) is 59.7 Å². The highest BCUT2D eigenvalue weighted by atomic mass is 16.5. The molecule has 120 valence electrons. The Morgan fingerprint density at radius 1 is 1.08 bits per heavy atom. The van der Waals surface area contributed by atoms with E-state index in [0.29, 0.717) is 24.3 Å². The molecule has 1 aliphatic heterocycles. The Balaban J connectivity index is 1.64. The van der Waals surface area contributed by atoms with Gasteiger partial charge in [-0.05, 0) is 30.3 Å². The summed E-state index contributed by atoms with van der Waals surface area (Å²) in [4.78, 5) is 24.2. The largest absolute Gasteiger partial charge is 0.493 e. The first-order valence-electron chi connectivity index (χ1n) is 7.51. The van der Waals surface area contributed by atoms with E-state index in [4.69, 9.17) is 10.00 Å². The Kier molecular flexibility index (Phi) is 4.43. The van der Waals surface area contributed by atoms with Gasteiger partial charge in [0.1, 0.15) is 5.75 Å². The van der Waals surface area contributed by atoms with Crippen LogP contribution in [0.4, 0.5) is 5.69 Å². The molecule has 0 aliphatic carbocycles. The van der Waals surface area contributed by atoms with Crippen molar-refractivity contribution < 1.29 is 14.3 Å². The van der Waals surface area contributed by atoms with Gasteiger partial charge >= 0.3 is 11.8 Å². The Morgan fingerprint density at radius 3 is 2.58 bits per heavy atom. The summed E-state index contributed by atoms with van der Waals surface area (Å²) in [6.45, 7) is 0.485. The Hall–Kier alpha value is -3.33. The quantitative estimate of drug-likeness (QED) is 0.829. The van der Waals surface area contributed by atoms with E-state index in [2.05, 4.69) is 10.6 Å². The molecular formula is C18H15N3O3. The lowest BCUT2D eigenvalue weighted by Crippen LogP contribution is -2.39. The van der Waals surface area contributed by atoms with Crippen molar-refractivity contribution >= 4 is 17.5 Å². The number of benzene rings is 2. The van der Waals surface area contributed by atoms with Gasteiger partial charge in [0.2, 0.25) is 0 Å². The fourth-order valence-corrected chi connectivity index (χ4v) is 2.53. The molecule has 0 saturated heterocycles. The molecule has 1 aliphatic rings. The Bertz CT molecular complexity index is 809.